The maximum atomic E-state index is 12.5. The first-order valence-corrected chi connectivity index (χ1v) is 8.77. The van der Waals surface area contributed by atoms with Gasteiger partial charge in [-0.25, -0.2) is 0 Å². The second kappa shape index (κ2) is 8.05. The van der Waals surface area contributed by atoms with Gasteiger partial charge in [-0.3, -0.25) is 14.7 Å². The van der Waals surface area contributed by atoms with Gasteiger partial charge in [-0.05, 0) is 37.1 Å². The fourth-order valence-corrected chi connectivity index (χ4v) is 2.87. The maximum absolute atomic E-state index is 12.5. The number of carbonyl (C=O) groups is 2. The van der Waals surface area contributed by atoms with Gasteiger partial charge in [0, 0.05) is 16.3 Å². The molecular weight excluding hydrogens is 364 g/mol. The highest BCUT2D eigenvalue weighted by Crippen LogP contribution is 2.23. The van der Waals surface area contributed by atoms with Crippen LogP contribution in [0.5, 0.6) is 0 Å². The van der Waals surface area contributed by atoms with Crippen molar-refractivity contribution in [1.82, 2.24) is 15.5 Å². The summed E-state index contributed by atoms with van der Waals surface area (Å²) < 4.78 is 0. The predicted molar refractivity (Wildman–Crippen MR) is 106 cm³/mol. The molecule has 0 aliphatic carbocycles. The minimum Gasteiger partial charge on any atom is -0.343 e. The number of para-hydroxylation sites is 1. The molecule has 0 atom stereocenters. The smallest absolute Gasteiger partial charge is 0.255 e. The maximum Gasteiger partial charge on any atom is 0.255 e. The monoisotopic (exact) mass is 382 g/mol. The summed E-state index contributed by atoms with van der Waals surface area (Å²) in [5, 5.41) is 12.8. The first kappa shape index (κ1) is 18.7. The van der Waals surface area contributed by atoms with Gasteiger partial charge in [-0.2, -0.15) is 5.10 Å². The summed E-state index contributed by atoms with van der Waals surface area (Å²) in [7, 11) is 0. The molecule has 3 rings (SSSR count). The number of amides is 2. The van der Waals surface area contributed by atoms with E-state index in [1.807, 2.05) is 32.0 Å². The van der Waals surface area contributed by atoms with E-state index < -0.39 is 0 Å². The lowest BCUT2D eigenvalue weighted by Crippen LogP contribution is -2.33. The standard InChI is InChI=1S/C20H19ClN4O2/c1-12-4-3-5-13(2)18(12)24-17(26)11-22-20(27)16-10-23-25-19(16)14-6-8-15(21)9-7-14/h3-10H,11H2,1-2H3,(H,22,27)(H,23,25)(H,24,26). The Balaban J connectivity index is 1.66. The van der Waals surface area contributed by atoms with Gasteiger partial charge in [-0.15, -0.1) is 0 Å². The molecular formula is C20H19ClN4O2. The molecule has 2 aromatic carbocycles. The van der Waals surface area contributed by atoms with Crippen molar-refractivity contribution >= 4 is 29.1 Å². The van der Waals surface area contributed by atoms with E-state index in [9.17, 15) is 9.59 Å². The van der Waals surface area contributed by atoms with Crippen LogP contribution in [-0.4, -0.2) is 28.6 Å². The first-order chi connectivity index (χ1) is 13.0. The number of H-pyrrole nitrogens is 1. The van der Waals surface area contributed by atoms with Crippen molar-refractivity contribution < 1.29 is 9.59 Å². The molecule has 0 spiro atoms. The number of carbonyl (C=O) groups excluding carboxylic acids is 2. The van der Waals surface area contributed by atoms with E-state index in [1.54, 1.807) is 24.3 Å². The molecule has 3 N–H and O–H groups in total. The number of rotatable bonds is 5. The topological polar surface area (TPSA) is 86.9 Å². The van der Waals surface area contributed by atoms with Crippen molar-refractivity contribution in [2.75, 3.05) is 11.9 Å². The van der Waals surface area contributed by atoms with Crippen LogP contribution in [0, 0.1) is 13.8 Å². The summed E-state index contributed by atoms with van der Waals surface area (Å²) in [5.41, 5.74) is 4.41. The molecule has 0 saturated heterocycles. The molecule has 1 heterocycles. The van der Waals surface area contributed by atoms with Crippen LogP contribution in [0.3, 0.4) is 0 Å². The van der Waals surface area contributed by atoms with Gasteiger partial charge < -0.3 is 10.6 Å². The van der Waals surface area contributed by atoms with Gasteiger partial charge in [0.2, 0.25) is 5.91 Å². The Labute approximate surface area is 161 Å². The molecule has 6 nitrogen and oxygen atoms in total. The van der Waals surface area contributed by atoms with E-state index in [0.29, 0.717) is 16.3 Å². The zero-order valence-electron chi connectivity index (χ0n) is 15.0. The SMILES string of the molecule is Cc1cccc(C)c1NC(=O)CNC(=O)c1cn[nH]c1-c1ccc(Cl)cc1. The second-order valence-corrected chi connectivity index (χ2v) is 6.60. The molecule has 7 heteroatoms. The van der Waals surface area contributed by atoms with Gasteiger partial charge in [-0.1, -0.05) is 41.9 Å². The molecule has 0 fully saturated rings. The highest BCUT2D eigenvalue weighted by Gasteiger charge is 2.16. The summed E-state index contributed by atoms with van der Waals surface area (Å²) in [6.45, 7) is 3.70. The van der Waals surface area contributed by atoms with Crippen LogP contribution in [-0.2, 0) is 4.79 Å². The highest BCUT2D eigenvalue weighted by molar-refractivity contribution is 6.30. The summed E-state index contributed by atoms with van der Waals surface area (Å²) in [6, 6.07) is 12.8. The van der Waals surface area contributed by atoms with E-state index in [0.717, 1.165) is 22.4 Å². The summed E-state index contributed by atoms with van der Waals surface area (Å²) >= 11 is 5.90. The third kappa shape index (κ3) is 4.35. The average molecular weight is 383 g/mol. The van der Waals surface area contributed by atoms with E-state index in [-0.39, 0.29) is 18.4 Å². The van der Waals surface area contributed by atoms with Crippen molar-refractivity contribution in [1.29, 1.82) is 0 Å². The van der Waals surface area contributed by atoms with Crippen LogP contribution >= 0.6 is 11.6 Å². The van der Waals surface area contributed by atoms with Gasteiger partial charge in [0.05, 0.1) is 24.0 Å². The minimum atomic E-state index is -0.384. The first-order valence-electron chi connectivity index (χ1n) is 8.39. The van der Waals surface area contributed by atoms with Crippen LogP contribution in [0.1, 0.15) is 21.5 Å². The van der Waals surface area contributed by atoms with Crippen LogP contribution in [0.4, 0.5) is 5.69 Å². The Morgan fingerprint density at radius 2 is 1.74 bits per heavy atom. The third-order valence-electron chi connectivity index (χ3n) is 4.17. The molecule has 0 aliphatic rings. The number of hydrogen-bond acceptors (Lipinski definition) is 3. The molecule has 2 amide bonds. The number of aromatic nitrogens is 2. The summed E-state index contributed by atoms with van der Waals surface area (Å²) in [4.78, 5) is 24.7. The summed E-state index contributed by atoms with van der Waals surface area (Å²) in [5.74, 6) is -0.678. The minimum absolute atomic E-state index is 0.141. The molecule has 27 heavy (non-hydrogen) atoms. The number of halogens is 1. The molecule has 1 aromatic heterocycles. The Hall–Kier alpha value is -3.12. The number of benzene rings is 2. The molecule has 0 aliphatic heterocycles. The number of nitrogens with zero attached hydrogens (tertiary/aromatic N) is 1. The van der Waals surface area contributed by atoms with Crippen molar-refractivity contribution in [3.63, 3.8) is 0 Å². The molecule has 0 bridgehead atoms. The summed E-state index contributed by atoms with van der Waals surface area (Å²) in [6.07, 6.45) is 1.43. The molecule has 0 unspecified atom stereocenters. The quantitative estimate of drug-likeness (QED) is 0.628. The lowest BCUT2D eigenvalue weighted by molar-refractivity contribution is -0.115. The fraction of sp³-hybridized carbons (Fsp3) is 0.150. The molecule has 3 aromatic rings. The van der Waals surface area contributed by atoms with E-state index in [1.165, 1.54) is 6.20 Å². The van der Waals surface area contributed by atoms with Gasteiger partial charge in [0.15, 0.2) is 0 Å². The Kier molecular flexibility index (Phi) is 5.57. The van der Waals surface area contributed by atoms with Crippen molar-refractivity contribution in [3.05, 3.63) is 70.4 Å². The third-order valence-corrected chi connectivity index (χ3v) is 4.42. The van der Waals surface area contributed by atoms with Crippen LogP contribution in [0.15, 0.2) is 48.7 Å². The van der Waals surface area contributed by atoms with Crippen molar-refractivity contribution in [2.45, 2.75) is 13.8 Å². The number of nitrogens with one attached hydrogen (secondary N) is 3. The second-order valence-electron chi connectivity index (χ2n) is 6.16. The Morgan fingerprint density at radius 3 is 2.41 bits per heavy atom. The number of aromatic amines is 1. The largest absolute Gasteiger partial charge is 0.343 e. The van der Waals surface area contributed by atoms with E-state index in [2.05, 4.69) is 20.8 Å². The van der Waals surface area contributed by atoms with Crippen LogP contribution < -0.4 is 10.6 Å². The number of hydrogen-bond donors (Lipinski definition) is 3. The Morgan fingerprint density at radius 1 is 1.07 bits per heavy atom. The zero-order chi connectivity index (χ0) is 19.4. The van der Waals surface area contributed by atoms with Gasteiger partial charge >= 0.3 is 0 Å². The van der Waals surface area contributed by atoms with E-state index in [4.69, 9.17) is 11.6 Å². The van der Waals surface area contributed by atoms with Crippen molar-refractivity contribution in [2.24, 2.45) is 0 Å². The molecule has 0 radical (unpaired) electrons. The molecule has 138 valence electrons. The van der Waals surface area contributed by atoms with Gasteiger partial charge in [0.1, 0.15) is 0 Å². The van der Waals surface area contributed by atoms with Crippen molar-refractivity contribution in [3.8, 4) is 11.3 Å². The van der Waals surface area contributed by atoms with Gasteiger partial charge in [0.25, 0.3) is 5.91 Å². The fourth-order valence-electron chi connectivity index (χ4n) is 2.75. The molecule has 0 saturated carbocycles. The highest BCUT2D eigenvalue weighted by atomic mass is 35.5. The van der Waals surface area contributed by atoms with E-state index >= 15 is 0 Å². The zero-order valence-corrected chi connectivity index (χ0v) is 15.7. The van der Waals surface area contributed by atoms with Crippen LogP contribution in [0.25, 0.3) is 11.3 Å². The van der Waals surface area contributed by atoms with Crippen LogP contribution in [0.2, 0.25) is 5.02 Å². The number of aryl methyl sites for hydroxylation is 2. The number of anilines is 1. The Bertz CT molecular complexity index is 960. The normalized spacial score (nSPS) is 10.5. The predicted octanol–water partition coefficient (Wildman–Crippen LogP) is 3.72. The lowest BCUT2D eigenvalue weighted by Gasteiger charge is -2.12. The average Bonchev–Trinajstić information content (AvgIpc) is 3.13. The lowest BCUT2D eigenvalue weighted by atomic mass is 10.1.